The molecule has 1 aromatic rings. The summed E-state index contributed by atoms with van der Waals surface area (Å²) in [6.45, 7) is 2.45. The molecule has 0 fully saturated rings. The smallest absolute Gasteiger partial charge is 0.255 e. The van der Waals surface area contributed by atoms with E-state index < -0.39 is 5.66 Å². The zero-order valence-corrected chi connectivity index (χ0v) is 12.9. The lowest BCUT2D eigenvalue weighted by molar-refractivity contribution is -0.130. The Bertz CT molecular complexity index is 680. The number of carbonyl (C=O) groups excluding carboxylic acids is 1. The van der Waals surface area contributed by atoms with Crippen molar-refractivity contribution in [3.05, 3.63) is 51.3 Å². The summed E-state index contributed by atoms with van der Waals surface area (Å²) in [5.41, 5.74) is 0.231. The molecule has 2 aliphatic rings. The van der Waals surface area contributed by atoms with Crippen LogP contribution < -0.4 is 5.32 Å². The standard InChI is InChI=1S/C14H14ClN3O2S/c1-9-3-2-4-18-12(20)5-10(19)6-14(9,18)17-8-11-7-16-13(15)21-11/h2-5,7,17,19H,6,8H2,1H3. The van der Waals surface area contributed by atoms with E-state index in [0.29, 0.717) is 17.4 Å². The number of hydrogen-bond donors (Lipinski definition) is 2. The molecule has 7 heteroatoms. The maximum Gasteiger partial charge on any atom is 0.255 e. The Morgan fingerprint density at radius 1 is 1.62 bits per heavy atom. The monoisotopic (exact) mass is 323 g/mol. The van der Waals surface area contributed by atoms with Crippen molar-refractivity contribution in [2.24, 2.45) is 0 Å². The molecule has 1 atom stereocenters. The minimum Gasteiger partial charge on any atom is -0.512 e. The average Bonchev–Trinajstić information content (AvgIpc) is 2.84. The molecular formula is C14H14ClN3O2S. The first-order valence-electron chi connectivity index (χ1n) is 6.45. The van der Waals surface area contributed by atoms with Gasteiger partial charge < -0.3 is 5.11 Å². The zero-order valence-electron chi connectivity index (χ0n) is 11.3. The van der Waals surface area contributed by atoms with E-state index in [1.54, 1.807) is 17.3 Å². The van der Waals surface area contributed by atoms with Gasteiger partial charge in [-0.2, -0.15) is 0 Å². The Labute approximate surface area is 131 Å². The van der Waals surface area contributed by atoms with E-state index in [-0.39, 0.29) is 11.7 Å². The number of aliphatic hydroxyl groups excluding tert-OH is 1. The number of aromatic nitrogens is 1. The first-order valence-corrected chi connectivity index (χ1v) is 7.64. The van der Waals surface area contributed by atoms with Crippen molar-refractivity contribution in [3.8, 4) is 0 Å². The zero-order chi connectivity index (χ0) is 15.0. The summed E-state index contributed by atoms with van der Waals surface area (Å²) >= 11 is 7.22. The maximum absolute atomic E-state index is 12.1. The molecule has 2 aliphatic heterocycles. The molecule has 3 heterocycles. The Kier molecular flexibility index (Phi) is 3.61. The highest BCUT2D eigenvalue weighted by molar-refractivity contribution is 7.15. The number of allylic oxidation sites excluding steroid dienone is 2. The number of nitrogens with one attached hydrogen (secondary N) is 1. The van der Waals surface area contributed by atoms with E-state index in [4.69, 9.17) is 11.6 Å². The van der Waals surface area contributed by atoms with Gasteiger partial charge in [0.15, 0.2) is 4.47 Å². The van der Waals surface area contributed by atoms with E-state index in [1.165, 1.54) is 17.4 Å². The molecule has 0 radical (unpaired) electrons. The van der Waals surface area contributed by atoms with Gasteiger partial charge in [0, 0.05) is 36.3 Å². The second kappa shape index (κ2) is 5.29. The second-order valence-corrected chi connectivity index (χ2v) is 6.70. The molecule has 0 spiro atoms. The summed E-state index contributed by atoms with van der Waals surface area (Å²) < 4.78 is 0.486. The minimum atomic E-state index is -0.735. The lowest BCUT2D eigenvalue weighted by atomic mass is 9.88. The van der Waals surface area contributed by atoms with Gasteiger partial charge in [-0.05, 0) is 18.6 Å². The topological polar surface area (TPSA) is 65.5 Å². The third-order valence-corrected chi connectivity index (χ3v) is 4.80. The van der Waals surface area contributed by atoms with E-state index >= 15 is 0 Å². The molecule has 110 valence electrons. The minimum absolute atomic E-state index is 0.0779. The number of thiazole rings is 1. The predicted octanol–water partition coefficient (Wildman–Crippen LogP) is 2.73. The highest BCUT2D eigenvalue weighted by atomic mass is 35.5. The van der Waals surface area contributed by atoms with E-state index in [1.807, 2.05) is 19.1 Å². The fourth-order valence-electron chi connectivity index (χ4n) is 2.63. The fourth-order valence-corrected chi connectivity index (χ4v) is 3.54. The van der Waals surface area contributed by atoms with E-state index in [0.717, 1.165) is 10.5 Å². The number of nitrogens with zero attached hydrogens (tertiary/aromatic N) is 2. The van der Waals surface area contributed by atoms with Crippen molar-refractivity contribution < 1.29 is 9.90 Å². The van der Waals surface area contributed by atoms with Crippen LogP contribution in [-0.2, 0) is 11.3 Å². The molecule has 0 aromatic carbocycles. The quantitative estimate of drug-likeness (QED) is 0.897. The van der Waals surface area contributed by atoms with Gasteiger partial charge in [-0.15, -0.1) is 11.3 Å². The summed E-state index contributed by atoms with van der Waals surface area (Å²) in [6.07, 6.45) is 8.79. The van der Waals surface area contributed by atoms with Gasteiger partial charge in [-0.3, -0.25) is 15.0 Å². The Morgan fingerprint density at radius 3 is 3.14 bits per heavy atom. The summed E-state index contributed by atoms with van der Waals surface area (Å²) in [4.78, 5) is 18.7. The highest BCUT2D eigenvalue weighted by Crippen LogP contribution is 2.35. The predicted molar refractivity (Wildman–Crippen MR) is 81.8 cm³/mol. The van der Waals surface area contributed by atoms with Crippen molar-refractivity contribution >= 4 is 28.8 Å². The summed E-state index contributed by atoms with van der Waals surface area (Å²) in [5, 5.41) is 13.3. The van der Waals surface area contributed by atoms with Gasteiger partial charge >= 0.3 is 0 Å². The third kappa shape index (κ3) is 2.50. The molecular weight excluding hydrogens is 310 g/mol. The van der Waals surface area contributed by atoms with E-state index in [9.17, 15) is 9.90 Å². The van der Waals surface area contributed by atoms with Gasteiger partial charge in [0.1, 0.15) is 11.4 Å². The molecule has 0 aliphatic carbocycles. The molecule has 2 N–H and O–H groups in total. The summed E-state index contributed by atoms with van der Waals surface area (Å²) in [5.74, 6) is -0.161. The van der Waals surface area contributed by atoms with Gasteiger partial charge in [0.2, 0.25) is 0 Å². The first kappa shape index (κ1) is 14.3. The van der Waals surface area contributed by atoms with Gasteiger partial charge in [0.25, 0.3) is 5.91 Å². The molecule has 1 unspecified atom stereocenters. The number of amides is 1. The van der Waals surface area contributed by atoms with E-state index in [2.05, 4.69) is 10.3 Å². The highest BCUT2D eigenvalue weighted by Gasteiger charge is 2.44. The SMILES string of the molecule is CC1=CC=CN2C(=O)C=C(O)CC12NCc1cnc(Cl)s1. The molecule has 5 nitrogen and oxygen atoms in total. The fraction of sp³-hybridized carbons (Fsp3) is 0.286. The van der Waals surface area contributed by atoms with Gasteiger partial charge in [-0.1, -0.05) is 17.7 Å². The molecule has 3 rings (SSSR count). The Hall–Kier alpha value is -1.63. The van der Waals surface area contributed by atoms with Crippen LogP contribution in [0, 0.1) is 0 Å². The van der Waals surface area contributed by atoms with Crippen molar-refractivity contribution in [1.29, 1.82) is 0 Å². The summed E-state index contributed by atoms with van der Waals surface area (Å²) in [7, 11) is 0. The number of hydrogen-bond acceptors (Lipinski definition) is 5. The second-order valence-electron chi connectivity index (χ2n) is 5.01. The molecule has 0 saturated heterocycles. The van der Waals surface area contributed by atoms with Gasteiger partial charge in [0.05, 0.1) is 0 Å². The van der Waals surface area contributed by atoms with Crippen LogP contribution in [0.3, 0.4) is 0 Å². The van der Waals surface area contributed by atoms with Crippen molar-refractivity contribution in [1.82, 2.24) is 15.2 Å². The number of aliphatic hydroxyl groups is 1. The normalized spacial score (nSPS) is 24.7. The molecule has 1 amide bonds. The molecule has 1 aromatic heterocycles. The van der Waals surface area contributed by atoms with Crippen LogP contribution in [0.4, 0.5) is 0 Å². The van der Waals surface area contributed by atoms with Crippen molar-refractivity contribution in [2.75, 3.05) is 0 Å². The lowest BCUT2D eigenvalue weighted by Gasteiger charge is -2.46. The van der Waals surface area contributed by atoms with Crippen molar-refractivity contribution in [2.45, 2.75) is 25.6 Å². The number of rotatable bonds is 3. The van der Waals surface area contributed by atoms with Crippen LogP contribution in [-0.4, -0.2) is 26.6 Å². The van der Waals surface area contributed by atoms with Crippen LogP contribution in [0.2, 0.25) is 4.47 Å². The molecule has 0 saturated carbocycles. The van der Waals surface area contributed by atoms with Crippen LogP contribution in [0.15, 0.2) is 42.0 Å². The number of halogens is 1. The van der Waals surface area contributed by atoms with Gasteiger partial charge in [-0.25, -0.2) is 4.98 Å². The number of carbonyl (C=O) groups is 1. The Morgan fingerprint density at radius 2 is 2.43 bits per heavy atom. The number of fused-ring (bicyclic) bond motifs is 1. The molecule has 0 bridgehead atoms. The van der Waals surface area contributed by atoms with Crippen molar-refractivity contribution in [3.63, 3.8) is 0 Å². The molecule has 21 heavy (non-hydrogen) atoms. The van der Waals surface area contributed by atoms with Crippen LogP contribution in [0.1, 0.15) is 18.2 Å². The van der Waals surface area contributed by atoms with Crippen LogP contribution >= 0.6 is 22.9 Å². The maximum atomic E-state index is 12.1. The third-order valence-electron chi connectivity index (χ3n) is 3.69. The Balaban J connectivity index is 1.90. The lowest BCUT2D eigenvalue weighted by Crippen LogP contribution is -2.61. The largest absolute Gasteiger partial charge is 0.512 e. The van der Waals surface area contributed by atoms with Crippen LogP contribution in [0.25, 0.3) is 0 Å². The first-order chi connectivity index (χ1) is 10.0. The van der Waals surface area contributed by atoms with Crippen LogP contribution in [0.5, 0.6) is 0 Å². The average molecular weight is 324 g/mol. The summed E-state index contributed by atoms with van der Waals surface area (Å²) in [6, 6.07) is 0.